The summed E-state index contributed by atoms with van der Waals surface area (Å²) >= 11 is 0. The first-order chi connectivity index (χ1) is 7.76. The van der Waals surface area contributed by atoms with Crippen LogP contribution in [-0.2, 0) is 6.54 Å². The minimum Gasteiger partial charge on any atom is -0.481 e. The molecule has 0 aliphatic heterocycles. The maximum Gasteiger partial charge on any atom is 0.216 e. The van der Waals surface area contributed by atoms with E-state index in [0.717, 1.165) is 0 Å². The van der Waals surface area contributed by atoms with E-state index < -0.39 is 0 Å². The van der Waals surface area contributed by atoms with E-state index in [1.165, 1.54) is 0 Å². The zero-order valence-electron chi connectivity index (χ0n) is 9.59. The van der Waals surface area contributed by atoms with Crippen molar-refractivity contribution in [2.24, 2.45) is 10.7 Å². The van der Waals surface area contributed by atoms with Gasteiger partial charge in [0.05, 0.1) is 7.11 Å². The van der Waals surface area contributed by atoms with Crippen molar-refractivity contribution >= 4 is 29.9 Å². The van der Waals surface area contributed by atoms with Gasteiger partial charge in [0, 0.05) is 18.8 Å². The van der Waals surface area contributed by atoms with Crippen LogP contribution in [0.5, 0.6) is 5.88 Å². The fraction of sp³-hybridized carbons (Fsp3) is 0.300. The van der Waals surface area contributed by atoms with Crippen molar-refractivity contribution in [3.05, 3.63) is 30.7 Å². The summed E-state index contributed by atoms with van der Waals surface area (Å²) in [6.07, 6.45) is 3.31. The molecule has 0 radical (unpaired) electrons. The number of guanidine groups is 1. The fourth-order valence-corrected chi connectivity index (χ4v) is 0.959. The first-order valence-corrected chi connectivity index (χ1v) is 4.77. The van der Waals surface area contributed by atoms with E-state index >= 15 is 0 Å². The van der Waals surface area contributed by atoms with E-state index in [0.29, 0.717) is 30.8 Å². The van der Waals surface area contributed by atoms with Crippen LogP contribution in [0.3, 0.4) is 0 Å². The Morgan fingerprint density at radius 3 is 3.12 bits per heavy atom. The van der Waals surface area contributed by atoms with E-state index in [-0.39, 0.29) is 24.0 Å². The number of ether oxygens (including phenoxy) is 1. The van der Waals surface area contributed by atoms with Crippen LogP contribution in [0.25, 0.3) is 0 Å². The Morgan fingerprint density at radius 1 is 1.71 bits per heavy atom. The fourth-order valence-electron chi connectivity index (χ4n) is 0.959. The molecule has 94 valence electrons. The maximum absolute atomic E-state index is 5.58. The molecule has 1 aromatic rings. The smallest absolute Gasteiger partial charge is 0.216 e. The summed E-state index contributed by atoms with van der Waals surface area (Å²) in [6.45, 7) is 4.45. The zero-order chi connectivity index (χ0) is 11.8. The third-order valence-corrected chi connectivity index (χ3v) is 1.71. The monoisotopic (exact) mass is 349 g/mol. The van der Waals surface area contributed by atoms with Crippen LogP contribution in [0, 0.1) is 0 Å². The van der Waals surface area contributed by atoms with Gasteiger partial charge in [-0.25, -0.2) is 9.98 Å². The van der Waals surface area contributed by atoms with Crippen LogP contribution in [0.4, 0.5) is 0 Å². The highest BCUT2D eigenvalue weighted by Crippen LogP contribution is 2.03. The van der Waals surface area contributed by atoms with Crippen LogP contribution < -0.4 is 15.8 Å². The number of hydrogen-bond acceptors (Lipinski definition) is 4. The Balaban J connectivity index is 0.00000256. The maximum atomic E-state index is 5.58. The average Bonchev–Trinajstić information content (AvgIpc) is 2.34. The van der Waals surface area contributed by atoms with Crippen molar-refractivity contribution in [2.45, 2.75) is 6.54 Å². The Kier molecular flexibility index (Phi) is 8.03. The topological polar surface area (TPSA) is 85.4 Å². The highest BCUT2D eigenvalue weighted by Gasteiger charge is 1.98. The lowest BCUT2D eigenvalue weighted by molar-refractivity contribution is 0.394. The Labute approximate surface area is 117 Å². The van der Waals surface area contributed by atoms with Gasteiger partial charge in [-0.1, -0.05) is 6.08 Å². The Hall–Kier alpha value is -1.38. The van der Waals surface area contributed by atoms with Crippen LogP contribution in [0.2, 0.25) is 0 Å². The molecule has 3 N–H and O–H groups in total. The van der Waals surface area contributed by atoms with Crippen molar-refractivity contribution in [1.29, 1.82) is 0 Å². The van der Waals surface area contributed by atoms with Gasteiger partial charge in [-0.3, -0.25) is 0 Å². The predicted molar refractivity (Wildman–Crippen MR) is 77.5 cm³/mol. The van der Waals surface area contributed by atoms with E-state index in [9.17, 15) is 0 Å². The summed E-state index contributed by atoms with van der Waals surface area (Å²) in [5.41, 5.74) is 5.58. The van der Waals surface area contributed by atoms with Gasteiger partial charge in [0.25, 0.3) is 0 Å². The molecule has 1 rings (SSSR count). The largest absolute Gasteiger partial charge is 0.481 e. The van der Waals surface area contributed by atoms with E-state index in [4.69, 9.17) is 10.5 Å². The number of aliphatic imine (C=N–C) groups is 1. The highest BCUT2D eigenvalue weighted by molar-refractivity contribution is 14.0. The molecule has 0 atom stereocenters. The molecule has 7 heteroatoms. The minimum absolute atomic E-state index is 0. The van der Waals surface area contributed by atoms with Gasteiger partial charge < -0.3 is 15.8 Å². The number of aromatic nitrogens is 2. The van der Waals surface area contributed by atoms with Crippen LogP contribution in [0.15, 0.2) is 29.9 Å². The lowest BCUT2D eigenvalue weighted by Crippen LogP contribution is -2.31. The SMILES string of the molecule is C=CCNC(N)=NCc1nccc(OC)n1.I. The molecule has 6 nitrogen and oxygen atoms in total. The van der Waals surface area contributed by atoms with Gasteiger partial charge in [-0.05, 0) is 0 Å². The summed E-state index contributed by atoms with van der Waals surface area (Å²) in [7, 11) is 1.55. The number of rotatable bonds is 5. The molecule has 0 aliphatic rings. The Morgan fingerprint density at radius 2 is 2.47 bits per heavy atom. The summed E-state index contributed by atoms with van der Waals surface area (Å²) in [4.78, 5) is 12.2. The van der Waals surface area contributed by atoms with Crippen molar-refractivity contribution in [1.82, 2.24) is 15.3 Å². The number of nitrogens with two attached hydrogens (primary N) is 1. The molecule has 0 saturated carbocycles. The first kappa shape index (κ1) is 15.6. The zero-order valence-corrected chi connectivity index (χ0v) is 11.9. The van der Waals surface area contributed by atoms with Crippen LogP contribution >= 0.6 is 24.0 Å². The van der Waals surface area contributed by atoms with Crippen LogP contribution in [-0.4, -0.2) is 29.6 Å². The molecule has 17 heavy (non-hydrogen) atoms. The van der Waals surface area contributed by atoms with Crippen molar-refractivity contribution in [3.8, 4) is 5.88 Å². The second-order valence-corrected chi connectivity index (χ2v) is 2.89. The number of hydrogen-bond donors (Lipinski definition) is 2. The summed E-state index contributed by atoms with van der Waals surface area (Å²) in [5.74, 6) is 1.41. The van der Waals surface area contributed by atoms with Crippen LogP contribution in [0.1, 0.15) is 5.82 Å². The molecule has 0 aliphatic carbocycles. The standard InChI is InChI=1S/C10H15N5O.HI/c1-3-5-13-10(11)14-7-8-12-6-4-9(15-8)16-2;/h3-4,6H,1,5,7H2,2H3,(H3,11,13,14);1H. The van der Waals surface area contributed by atoms with E-state index in [1.54, 1.807) is 25.4 Å². The normalized spacial score (nSPS) is 10.3. The molecule has 0 unspecified atom stereocenters. The van der Waals surface area contributed by atoms with E-state index in [1.807, 2.05) is 0 Å². The molecule has 1 heterocycles. The molecule has 0 spiro atoms. The van der Waals surface area contributed by atoms with Gasteiger partial charge in [0.2, 0.25) is 5.88 Å². The lowest BCUT2D eigenvalue weighted by Gasteiger charge is -2.02. The quantitative estimate of drug-likeness (QED) is 0.354. The number of halogens is 1. The van der Waals surface area contributed by atoms with E-state index in [2.05, 4.69) is 26.9 Å². The molecular formula is C10H16IN5O. The van der Waals surface area contributed by atoms with Crippen molar-refractivity contribution in [2.75, 3.05) is 13.7 Å². The Bertz CT molecular complexity index is 383. The molecular weight excluding hydrogens is 333 g/mol. The molecule has 0 bridgehead atoms. The third-order valence-electron chi connectivity index (χ3n) is 1.71. The summed E-state index contributed by atoms with van der Waals surface area (Å²) < 4.78 is 4.97. The van der Waals surface area contributed by atoms with Crippen molar-refractivity contribution in [3.63, 3.8) is 0 Å². The second-order valence-electron chi connectivity index (χ2n) is 2.89. The molecule has 0 amide bonds. The average molecular weight is 349 g/mol. The van der Waals surface area contributed by atoms with Crippen molar-refractivity contribution < 1.29 is 4.74 Å². The van der Waals surface area contributed by atoms with Gasteiger partial charge in [0.15, 0.2) is 11.8 Å². The number of methoxy groups -OCH3 is 1. The molecule has 0 aromatic carbocycles. The van der Waals surface area contributed by atoms with Gasteiger partial charge in [-0.2, -0.15) is 4.98 Å². The van der Waals surface area contributed by atoms with Gasteiger partial charge >= 0.3 is 0 Å². The summed E-state index contributed by atoms with van der Waals surface area (Å²) in [6, 6.07) is 1.67. The molecule has 0 fully saturated rings. The van der Waals surface area contributed by atoms with Gasteiger partial charge in [-0.15, -0.1) is 30.6 Å². The van der Waals surface area contributed by atoms with Gasteiger partial charge in [0.1, 0.15) is 6.54 Å². The molecule has 1 aromatic heterocycles. The second kappa shape index (κ2) is 8.74. The first-order valence-electron chi connectivity index (χ1n) is 4.77. The minimum atomic E-state index is 0. The number of nitrogens with zero attached hydrogens (tertiary/aromatic N) is 3. The summed E-state index contributed by atoms with van der Waals surface area (Å²) in [5, 5.41) is 2.85. The number of nitrogens with one attached hydrogen (secondary N) is 1. The predicted octanol–water partition coefficient (Wildman–Crippen LogP) is 0.693. The third kappa shape index (κ3) is 6.05. The lowest BCUT2D eigenvalue weighted by atomic mass is 10.5. The molecule has 0 saturated heterocycles. The highest BCUT2D eigenvalue weighted by atomic mass is 127.